The van der Waals surface area contributed by atoms with E-state index in [0.717, 1.165) is 23.7 Å². The number of hydrogen-bond acceptors (Lipinski definition) is 1. The fourth-order valence-electron chi connectivity index (χ4n) is 1.42. The van der Waals surface area contributed by atoms with Gasteiger partial charge in [0.05, 0.1) is 5.92 Å². The molecular formula is C12H15BrO2. The Hall–Kier alpha value is -0.830. The average Bonchev–Trinajstić information content (AvgIpc) is 2.20. The molecule has 0 aliphatic carbocycles. The summed E-state index contributed by atoms with van der Waals surface area (Å²) in [6.07, 6.45) is 2.58. The Morgan fingerprint density at radius 3 is 2.73 bits per heavy atom. The summed E-state index contributed by atoms with van der Waals surface area (Å²) in [5, 5.41) is 8.72. The molecular weight excluding hydrogens is 256 g/mol. The Morgan fingerprint density at radius 1 is 1.47 bits per heavy atom. The fourth-order valence-corrected chi connectivity index (χ4v) is 1.91. The molecule has 3 heteroatoms. The fraction of sp³-hybridized carbons (Fsp3) is 0.417. The van der Waals surface area contributed by atoms with Crippen LogP contribution in [0.5, 0.6) is 0 Å². The number of carbonyl (C=O) groups is 1. The van der Waals surface area contributed by atoms with Gasteiger partial charge in [0, 0.05) is 4.47 Å². The second kappa shape index (κ2) is 5.91. The van der Waals surface area contributed by atoms with Crippen molar-refractivity contribution in [1.29, 1.82) is 0 Å². The Kier molecular flexibility index (Phi) is 4.82. The molecule has 1 rings (SSSR count). The molecule has 0 aliphatic rings. The van der Waals surface area contributed by atoms with Gasteiger partial charge in [-0.3, -0.25) is 4.79 Å². The number of hydrogen-bond donors (Lipinski definition) is 1. The summed E-state index contributed by atoms with van der Waals surface area (Å²) in [5.41, 5.74) is 1.25. The van der Waals surface area contributed by atoms with Gasteiger partial charge in [0.15, 0.2) is 0 Å². The van der Waals surface area contributed by atoms with Gasteiger partial charge in [0.25, 0.3) is 0 Å². The Labute approximate surface area is 98.4 Å². The summed E-state index contributed by atoms with van der Waals surface area (Å²) in [5.74, 6) is -0.949. The predicted molar refractivity (Wildman–Crippen MR) is 63.9 cm³/mol. The van der Waals surface area contributed by atoms with Crippen molar-refractivity contribution in [2.75, 3.05) is 0 Å². The molecule has 0 fully saturated rings. The molecule has 0 radical (unpaired) electrons. The van der Waals surface area contributed by atoms with E-state index < -0.39 is 5.97 Å². The van der Waals surface area contributed by atoms with Crippen molar-refractivity contribution >= 4 is 21.9 Å². The van der Waals surface area contributed by atoms with Crippen LogP contribution < -0.4 is 0 Å². The third kappa shape index (κ3) is 4.04. The van der Waals surface area contributed by atoms with Crippen molar-refractivity contribution in [2.24, 2.45) is 5.92 Å². The van der Waals surface area contributed by atoms with Crippen molar-refractivity contribution in [3.05, 3.63) is 34.3 Å². The molecule has 82 valence electrons. The summed E-state index contributed by atoms with van der Waals surface area (Å²) in [6, 6.07) is 8.06. The van der Waals surface area contributed by atoms with E-state index in [-0.39, 0.29) is 5.92 Å². The van der Waals surface area contributed by atoms with Crippen molar-refractivity contribution in [3.8, 4) is 0 Å². The third-order valence-electron chi connectivity index (χ3n) is 2.46. The first kappa shape index (κ1) is 12.2. The zero-order valence-electron chi connectivity index (χ0n) is 8.74. The average molecular weight is 271 g/mol. The highest BCUT2D eigenvalue weighted by molar-refractivity contribution is 9.10. The largest absolute Gasteiger partial charge is 0.481 e. The third-order valence-corrected chi connectivity index (χ3v) is 3.24. The zero-order valence-corrected chi connectivity index (χ0v) is 10.3. The normalized spacial score (nSPS) is 12.4. The van der Waals surface area contributed by atoms with Crippen LogP contribution in [0.2, 0.25) is 0 Å². The number of rotatable bonds is 5. The predicted octanol–water partition coefficient (Wildman–Crippen LogP) is 3.49. The van der Waals surface area contributed by atoms with Gasteiger partial charge in [0.2, 0.25) is 0 Å². The highest BCUT2D eigenvalue weighted by atomic mass is 79.9. The lowest BCUT2D eigenvalue weighted by Crippen LogP contribution is -2.09. The molecule has 0 spiro atoms. The van der Waals surface area contributed by atoms with E-state index in [2.05, 4.69) is 22.0 Å². The number of carboxylic acids is 1. The van der Waals surface area contributed by atoms with Crippen LogP contribution in [0.15, 0.2) is 28.7 Å². The van der Waals surface area contributed by atoms with Crippen LogP contribution in [0.3, 0.4) is 0 Å². The number of aryl methyl sites for hydroxylation is 1. The van der Waals surface area contributed by atoms with E-state index >= 15 is 0 Å². The number of carboxylic acid groups (broad SMARTS) is 1. The molecule has 1 aromatic carbocycles. The smallest absolute Gasteiger partial charge is 0.306 e. The number of halogens is 1. The molecule has 0 saturated carbocycles. The van der Waals surface area contributed by atoms with E-state index in [1.54, 1.807) is 6.92 Å². The first-order valence-electron chi connectivity index (χ1n) is 5.07. The van der Waals surface area contributed by atoms with Gasteiger partial charge < -0.3 is 5.11 Å². The highest BCUT2D eigenvalue weighted by Crippen LogP contribution is 2.19. The van der Waals surface area contributed by atoms with Gasteiger partial charge in [0.1, 0.15) is 0 Å². The molecule has 1 atom stereocenters. The molecule has 1 unspecified atom stereocenters. The minimum Gasteiger partial charge on any atom is -0.481 e. The van der Waals surface area contributed by atoms with Crippen molar-refractivity contribution < 1.29 is 9.90 Å². The van der Waals surface area contributed by atoms with Gasteiger partial charge in [-0.05, 0) is 30.9 Å². The second-order valence-electron chi connectivity index (χ2n) is 3.72. The van der Waals surface area contributed by atoms with Gasteiger partial charge >= 0.3 is 5.97 Å². The number of aliphatic carboxylic acids is 1. The van der Waals surface area contributed by atoms with Gasteiger partial charge in [-0.1, -0.05) is 41.1 Å². The molecule has 1 aromatic rings. The molecule has 0 heterocycles. The van der Waals surface area contributed by atoms with Crippen LogP contribution in [-0.4, -0.2) is 11.1 Å². The van der Waals surface area contributed by atoms with E-state index in [9.17, 15) is 4.79 Å². The van der Waals surface area contributed by atoms with Crippen molar-refractivity contribution in [1.82, 2.24) is 0 Å². The first-order chi connectivity index (χ1) is 7.11. The van der Waals surface area contributed by atoms with Gasteiger partial charge in [-0.25, -0.2) is 0 Å². The molecule has 0 amide bonds. The van der Waals surface area contributed by atoms with Crippen molar-refractivity contribution in [2.45, 2.75) is 26.2 Å². The highest BCUT2D eigenvalue weighted by Gasteiger charge is 2.10. The monoisotopic (exact) mass is 270 g/mol. The van der Waals surface area contributed by atoms with Crippen LogP contribution in [0.25, 0.3) is 0 Å². The van der Waals surface area contributed by atoms with E-state index in [4.69, 9.17) is 5.11 Å². The van der Waals surface area contributed by atoms with Crippen molar-refractivity contribution in [3.63, 3.8) is 0 Å². The zero-order chi connectivity index (χ0) is 11.3. The molecule has 2 nitrogen and oxygen atoms in total. The van der Waals surface area contributed by atoms with Crippen LogP contribution in [-0.2, 0) is 11.2 Å². The lowest BCUT2D eigenvalue weighted by atomic mass is 10.0. The Bertz CT molecular complexity index is 336. The summed E-state index contributed by atoms with van der Waals surface area (Å²) in [4.78, 5) is 10.6. The van der Waals surface area contributed by atoms with Crippen LogP contribution in [0.1, 0.15) is 25.3 Å². The summed E-state index contributed by atoms with van der Waals surface area (Å²) >= 11 is 3.48. The van der Waals surface area contributed by atoms with Crippen LogP contribution in [0, 0.1) is 5.92 Å². The summed E-state index contributed by atoms with van der Waals surface area (Å²) in [7, 11) is 0. The van der Waals surface area contributed by atoms with E-state index in [1.165, 1.54) is 5.56 Å². The molecule has 1 N–H and O–H groups in total. The van der Waals surface area contributed by atoms with Crippen LogP contribution >= 0.6 is 15.9 Å². The molecule has 0 bridgehead atoms. The van der Waals surface area contributed by atoms with Crippen LogP contribution in [0.4, 0.5) is 0 Å². The second-order valence-corrected chi connectivity index (χ2v) is 4.58. The van der Waals surface area contributed by atoms with E-state index in [1.807, 2.05) is 18.2 Å². The molecule has 0 aliphatic heterocycles. The first-order valence-corrected chi connectivity index (χ1v) is 5.86. The molecule has 15 heavy (non-hydrogen) atoms. The van der Waals surface area contributed by atoms with E-state index in [0.29, 0.717) is 0 Å². The Balaban J connectivity index is 2.38. The lowest BCUT2D eigenvalue weighted by Gasteiger charge is -2.06. The maximum atomic E-state index is 10.6. The van der Waals surface area contributed by atoms with Gasteiger partial charge in [-0.2, -0.15) is 0 Å². The molecule has 0 aromatic heterocycles. The maximum Gasteiger partial charge on any atom is 0.306 e. The standard InChI is InChI=1S/C12H15BrO2/c1-9(12(14)15)5-4-7-10-6-2-3-8-11(10)13/h2-3,6,8-9H,4-5,7H2,1H3,(H,14,15). The topological polar surface area (TPSA) is 37.3 Å². The molecule has 0 saturated heterocycles. The SMILES string of the molecule is CC(CCCc1ccccc1Br)C(=O)O. The summed E-state index contributed by atoms with van der Waals surface area (Å²) < 4.78 is 1.10. The minimum atomic E-state index is -0.706. The Morgan fingerprint density at radius 2 is 2.13 bits per heavy atom. The quantitative estimate of drug-likeness (QED) is 0.890. The maximum absolute atomic E-state index is 10.6. The van der Waals surface area contributed by atoms with Gasteiger partial charge in [-0.15, -0.1) is 0 Å². The number of benzene rings is 1. The lowest BCUT2D eigenvalue weighted by molar-refractivity contribution is -0.141. The minimum absolute atomic E-state index is 0.243. The summed E-state index contributed by atoms with van der Waals surface area (Å²) in [6.45, 7) is 1.75.